The zero-order chi connectivity index (χ0) is 10.9. The summed E-state index contributed by atoms with van der Waals surface area (Å²) in [5.41, 5.74) is -0.106. The van der Waals surface area contributed by atoms with Gasteiger partial charge in [-0.05, 0) is 32.9 Å². The van der Waals surface area contributed by atoms with Crippen molar-refractivity contribution in [3.63, 3.8) is 0 Å². The summed E-state index contributed by atoms with van der Waals surface area (Å²) in [5.74, 6) is 0.716. The molecule has 0 aliphatic carbocycles. The Bertz CT molecular complexity index is 320. The summed E-state index contributed by atoms with van der Waals surface area (Å²) in [4.78, 5) is 2.36. The van der Waals surface area contributed by atoms with Crippen LogP contribution in [0.3, 0.4) is 0 Å². The predicted molar refractivity (Wildman–Crippen MR) is 60.7 cm³/mol. The maximum atomic E-state index is 11.5. The SMILES string of the molecule is CC1(N2CCCNCC2)CCS(=O)(=O)C1. The Hall–Kier alpha value is -0.130. The summed E-state index contributed by atoms with van der Waals surface area (Å²) in [7, 11) is -2.78. The highest BCUT2D eigenvalue weighted by molar-refractivity contribution is 7.91. The fourth-order valence-electron chi connectivity index (χ4n) is 2.63. The average Bonchev–Trinajstić information content (AvgIpc) is 2.43. The van der Waals surface area contributed by atoms with E-state index in [-0.39, 0.29) is 5.54 Å². The lowest BCUT2D eigenvalue weighted by Crippen LogP contribution is -2.48. The fraction of sp³-hybridized carbons (Fsp3) is 1.00. The van der Waals surface area contributed by atoms with E-state index in [0.29, 0.717) is 11.5 Å². The second-order valence-corrected chi connectivity index (χ2v) is 7.11. The van der Waals surface area contributed by atoms with Crippen LogP contribution in [0.15, 0.2) is 0 Å². The molecular weight excluding hydrogens is 212 g/mol. The van der Waals surface area contributed by atoms with Gasteiger partial charge >= 0.3 is 0 Å². The van der Waals surface area contributed by atoms with Crippen LogP contribution in [-0.2, 0) is 9.84 Å². The van der Waals surface area contributed by atoms with Gasteiger partial charge in [0.1, 0.15) is 0 Å². The standard InChI is InChI=1S/C10H20N2O2S/c1-10(3-8-15(13,14)9-10)12-6-2-4-11-5-7-12/h11H,2-9H2,1H3. The molecule has 0 amide bonds. The Balaban J connectivity index is 2.08. The van der Waals surface area contributed by atoms with Gasteiger partial charge in [-0.2, -0.15) is 0 Å². The fourth-order valence-corrected chi connectivity index (χ4v) is 4.80. The Morgan fingerprint density at radius 3 is 2.73 bits per heavy atom. The van der Waals surface area contributed by atoms with Crippen molar-refractivity contribution in [1.82, 2.24) is 10.2 Å². The van der Waals surface area contributed by atoms with Gasteiger partial charge < -0.3 is 5.32 Å². The highest BCUT2D eigenvalue weighted by Gasteiger charge is 2.42. The van der Waals surface area contributed by atoms with E-state index in [1.165, 1.54) is 0 Å². The molecule has 2 fully saturated rings. The van der Waals surface area contributed by atoms with Crippen molar-refractivity contribution in [2.75, 3.05) is 37.7 Å². The first kappa shape index (κ1) is 11.4. The number of nitrogens with zero attached hydrogens (tertiary/aromatic N) is 1. The van der Waals surface area contributed by atoms with Crippen LogP contribution in [-0.4, -0.2) is 56.5 Å². The van der Waals surface area contributed by atoms with Crippen molar-refractivity contribution in [2.45, 2.75) is 25.3 Å². The maximum Gasteiger partial charge on any atom is 0.152 e. The van der Waals surface area contributed by atoms with Crippen LogP contribution in [0.5, 0.6) is 0 Å². The zero-order valence-corrected chi connectivity index (χ0v) is 10.1. The number of hydrogen-bond donors (Lipinski definition) is 1. The first-order chi connectivity index (χ1) is 7.02. The van der Waals surface area contributed by atoms with E-state index in [2.05, 4.69) is 17.1 Å². The molecule has 1 atom stereocenters. The van der Waals surface area contributed by atoms with E-state index in [1.54, 1.807) is 0 Å². The molecule has 2 saturated heterocycles. The summed E-state index contributed by atoms with van der Waals surface area (Å²) < 4.78 is 23.1. The molecule has 0 spiro atoms. The Labute approximate surface area is 91.9 Å². The van der Waals surface area contributed by atoms with Crippen LogP contribution in [0.25, 0.3) is 0 Å². The van der Waals surface area contributed by atoms with Gasteiger partial charge in [0.05, 0.1) is 11.5 Å². The first-order valence-corrected chi connectivity index (χ1v) is 7.50. The second-order valence-electron chi connectivity index (χ2n) is 4.93. The third-order valence-corrected chi connectivity index (χ3v) is 5.47. The molecule has 0 bridgehead atoms. The van der Waals surface area contributed by atoms with E-state index < -0.39 is 9.84 Å². The van der Waals surface area contributed by atoms with Crippen LogP contribution >= 0.6 is 0 Å². The van der Waals surface area contributed by atoms with Crippen molar-refractivity contribution < 1.29 is 8.42 Å². The highest BCUT2D eigenvalue weighted by Crippen LogP contribution is 2.29. The van der Waals surface area contributed by atoms with Crippen LogP contribution in [0, 0.1) is 0 Å². The molecule has 1 N–H and O–H groups in total. The minimum Gasteiger partial charge on any atom is -0.315 e. The van der Waals surface area contributed by atoms with Gasteiger partial charge in [-0.1, -0.05) is 0 Å². The molecule has 2 aliphatic rings. The van der Waals surface area contributed by atoms with E-state index in [9.17, 15) is 8.42 Å². The van der Waals surface area contributed by atoms with E-state index in [1.807, 2.05) is 0 Å². The average molecular weight is 232 g/mol. The normalized spacial score (nSPS) is 37.7. The Morgan fingerprint density at radius 2 is 2.07 bits per heavy atom. The molecule has 1 unspecified atom stereocenters. The molecule has 88 valence electrons. The largest absolute Gasteiger partial charge is 0.315 e. The van der Waals surface area contributed by atoms with Gasteiger partial charge in [-0.25, -0.2) is 8.42 Å². The van der Waals surface area contributed by atoms with Gasteiger partial charge in [0.2, 0.25) is 0 Å². The van der Waals surface area contributed by atoms with Gasteiger partial charge in [0, 0.05) is 18.6 Å². The lowest BCUT2D eigenvalue weighted by molar-refractivity contribution is 0.135. The molecule has 0 aromatic rings. The topological polar surface area (TPSA) is 49.4 Å². The van der Waals surface area contributed by atoms with Crippen LogP contribution in [0.4, 0.5) is 0 Å². The summed E-state index contributed by atoms with van der Waals surface area (Å²) in [6, 6.07) is 0. The third-order valence-electron chi connectivity index (χ3n) is 3.59. The molecule has 0 aromatic heterocycles. The molecule has 5 heteroatoms. The summed E-state index contributed by atoms with van der Waals surface area (Å²) in [6.07, 6.45) is 1.92. The van der Waals surface area contributed by atoms with Crippen molar-refractivity contribution in [3.8, 4) is 0 Å². The van der Waals surface area contributed by atoms with Gasteiger partial charge in [0.15, 0.2) is 9.84 Å². The van der Waals surface area contributed by atoms with E-state index >= 15 is 0 Å². The molecule has 0 saturated carbocycles. The van der Waals surface area contributed by atoms with Crippen LogP contribution in [0.1, 0.15) is 19.8 Å². The van der Waals surface area contributed by atoms with Gasteiger partial charge in [-0.3, -0.25) is 4.90 Å². The zero-order valence-electron chi connectivity index (χ0n) is 9.33. The molecule has 4 nitrogen and oxygen atoms in total. The van der Waals surface area contributed by atoms with Crippen molar-refractivity contribution in [2.24, 2.45) is 0 Å². The molecular formula is C10H20N2O2S. The van der Waals surface area contributed by atoms with Crippen LogP contribution in [0.2, 0.25) is 0 Å². The summed E-state index contributed by atoms with van der Waals surface area (Å²) in [6.45, 7) is 6.14. The molecule has 2 rings (SSSR count). The highest BCUT2D eigenvalue weighted by atomic mass is 32.2. The van der Waals surface area contributed by atoms with Gasteiger partial charge in [-0.15, -0.1) is 0 Å². The number of nitrogens with one attached hydrogen (secondary N) is 1. The Morgan fingerprint density at radius 1 is 1.27 bits per heavy atom. The molecule has 0 radical (unpaired) electrons. The minimum absolute atomic E-state index is 0.106. The number of hydrogen-bond acceptors (Lipinski definition) is 4. The lowest BCUT2D eigenvalue weighted by Gasteiger charge is -2.36. The molecule has 2 heterocycles. The molecule has 0 aromatic carbocycles. The molecule has 2 aliphatic heterocycles. The van der Waals surface area contributed by atoms with Crippen molar-refractivity contribution in [1.29, 1.82) is 0 Å². The van der Waals surface area contributed by atoms with E-state index in [4.69, 9.17) is 0 Å². The second kappa shape index (κ2) is 4.03. The number of sulfone groups is 1. The smallest absolute Gasteiger partial charge is 0.152 e. The molecule has 15 heavy (non-hydrogen) atoms. The lowest BCUT2D eigenvalue weighted by atomic mass is 9.99. The third kappa shape index (κ3) is 2.52. The summed E-state index contributed by atoms with van der Waals surface area (Å²) in [5, 5.41) is 3.35. The first-order valence-electron chi connectivity index (χ1n) is 5.68. The predicted octanol–water partition coefficient (Wildman–Crippen LogP) is -0.141. The minimum atomic E-state index is -2.78. The van der Waals surface area contributed by atoms with Crippen LogP contribution < -0.4 is 5.32 Å². The Kier molecular flexibility index (Phi) is 3.05. The summed E-state index contributed by atoms with van der Waals surface area (Å²) >= 11 is 0. The van der Waals surface area contributed by atoms with Gasteiger partial charge in [0.25, 0.3) is 0 Å². The van der Waals surface area contributed by atoms with E-state index in [0.717, 1.165) is 39.0 Å². The quantitative estimate of drug-likeness (QED) is 0.683. The van der Waals surface area contributed by atoms with Crippen molar-refractivity contribution >= 4 is 9.84 Å². The monoisotopic (exact) mass is 232 g/mol. The number of rotatable bonds is 1. The maximum absolute atomic E-state index is 11.5. The van der Waals surface area contributed by atoms with Crippen molar-refractivity contribution in [3.05, 3.63) is 0 Å².